The molecule has 1 saturated heterocycles. The Morgan fingerprint density at radius 3 is 3.10 bits per heavy atom. The van der Waals surface area contributed by atoms with Crippen molar-refractivity contribution in [3.05, 3.63) is 11.9 Å². The Balaban J connectivity index is 1.81. The van der Waals surface area contributed by atoms with Gasteiger partial charge in [0, 0.05) is 32.4 Å². The number of nitrogens with zero attached hydrogens (tertiary/aromatic N) is 4. The van der Waals surface area contributed by atoms with Crippen LogP contribution in [0.5, 0.6) is 0 Å². The second-order valence-corrected chi connectivity index (χ2v) is 5.91. The molecule has 0 amide bonds. The summed E-state index contributed by atoms with van der Waals surface area (Å²) in [7, 11) is 0. The van der Waals surface area contributed by atoms with E-state index in [2.05, 4.69) is 29.1 Å². The van der Waals surface area contributed by atoms with Crippen molar-refractivity contribution in [3.8, 4) is 0 Å². The minimum Gasteiger partial charge on any atom is -0.396 e. The van der Waals surface area contributed by atoms with Crippen LogP contribution in [0.2, 0.25) is 0 Å². The molecule has 0 bridgehead atoms. The minimum absolute atomic E-state index is 0.190. The lowest BCUT2D eigenvalue weighted by molar-refractivity contribution is -0.0406. The van der Waals surface area contributed by atoms with Crippen molar-refractivity contribution in [2.24, 2.45) is 5.92 Å². The molecule has 0 radical (unpaired) electrons. The van der Waals surface area contributed by atoms with Crippen LogP contribution in [-0.4, -0.2) is 64.0 Å². The Morgan fingerprint density at radius 1 is 1.50 bits per heavy atom. The van der Waals surface area contributed by atoms with Gasteiger partial charge in [-0.1, -0.05) is 19.1 Å². The molecule has 2 rings (SSSR count). The molecule has 114 valence electrons. The average molecular weight is 282 g/mol. The number of aromatic nitrogens is 3. The first-order chi connectivity index (χ1) is 9.67. The lowest BCUT2D eigenvalue weighted by atomic mass is 10.2. The van der Waals surface area contributed by atoms with Gasteiger partial charge in [-0.05, 0) is 18.8 Å². The zero-order valence-electron chi connectivity index (χ0n) is 12.5. The molecule has 2 heterocycles. The van der Waals surface area contributed by atoms with E-state index in [0.717, 1.165) is 51.3 Å². The third-order valence-corrected chi connectivity index (χ3v) is 3.41. The van der Waals surface area contributed by atoms with E-state index in [0.29, 0.717) is 5.92 Å². The first-order valence-corrected chi connectivity index (χ1v) is 7.51. The predicted octanol–water partition coefficient (Wildman–Crippen LogP) is 0.560. The van der Waals surface area contributed by atoms with Crippen LogP contribution >= 0.6 is 0 Å². The largest absolute Gasteiger partial charge is 0.396 e. The highest BCUT2D eigenvalue weighted by Crippen LogP contribution is 2.10. The lowest BCUT2D eigenvalue weighted by Gasteiger charge is -2.33. The van der Waals surface area contributed by atoms with Gasteiger partial charge < -0.3 is 9.84 Å². The maximum atomic E-state index is 8.82. The summed E-state index contributed by atoms with van der Waals surface area (Å²) in [6.07, 6.45) is 3.66. The van der Waals surface area contributed by atoms with E-state index in [9.17, 15) is 0 Å². The molecule has 1 atom stereocenters. The molecule has 0 spiro atoms. The van der Waals surface area contributed by atoms with E-state index in [4.69, 9.17) is 9.84 Å². The zero-order chi connectivity index (χ0) is 14.4. The fourth-order valence-electron chi connectivity index (χ4n) is 2.58. The SMILES string of the molecule is CC(C)CN1CCOC(Cn2cc(CCCO)nn2)C1. The fourth-order valence-corrected chi connectivity index (χ4v) is 2.58. The van der Waals surface area contributed by atoms with Crippen molar-refractivity contribution in [1.29, 1.82) is 0 Å². The monoisotopic (exact) mass is 282 g/mol. The first-order valence-electron chi connectivity index (χ1n) is 7.51. The molecular formula is C14H26N4O2. The van der Waals surface area contributed by atoms with Gasteiger partial charge in [0.2, 0.25) is 0 Å². The van der Waals surface area contributed by atoms with Gasteiger partial charge in [0.25, 0.3) is 0 Å². The third-order valence-electron chi connectivity index (χ3n) is 3.41. The molecule has 0 saturated carbocycles. The molecule has 1 aliphatic heterocycles. The van der Waals surface area contributed by atoms with Gasteiger partial charge in [0.05, 0.1) is 24.9 Å². The number of ether oxygens (including phenoxy) is 1. The third kappa shape index (κ3) is 4.85. The topological polar surface area (TPSA) is 63.4 Å². The van der Waals surface area contributed by atoms with Crippen molar-refractivity contribution in [2.45, 2.75) is 39.3 Å². The van der Waals surface area contributed by atoms with E-state index < -0.39 is 0 Å². The number of hydrogen-bond donors (Lipinski definition) is 1. The maximum Gasteiger partial charge on any atom is 0.0898 e. The summed E-state index contributed by atoms with van der Waals surface area (Å²) in [5, 5.41) is 17.1. The predicted molar refractivity (Wildman–Crippen MR) is 76.4 cm³/mol. The Kier molecular flexibility index (Phi) is 5.94. The highest BCUT2D eigenvalue weighted by Gasteiger charge is 2.21. The summed E-state index contributed by atoms with van der Waals surface area (Å²) < 4.78 is 7.67. The Bertz CT molecular complexity index is 394. The molecule has 1 aromatic heterocycles. The summed E-state index contributed by atoms with van der Waals surface area (Å²) in [5.74, 6) is 0.685. The van der Waals surface area contributed by atoms with Crippen LogP contribution in [0.3, 0.4) is 0 Å². The van der Waals surface area contributed by atoms with Gasteiger partial charge in [0.1, 0.15) is 0 Å². The van der Waals surface area contributed by atoms with Crippen molar-refractivity contribution < 1.29 is 9.84 Å². The van der Waals surface area contributed by atoms with E-state index in [-0.39, 0.29) is 12.7 Å². The van der Waals surface area contributed by atoms with Gasteiger partial charge in [-0.3, -0.25) is 4.90 Å². The summed E-state index contributed by atoms with van der Waals surface area (Å²) >= 11 is 0. The smallest absolute Gasteiger partial charge is 0.0898 e. The molecule has 0 aromatic carbocycles. The van der Waals surface area contributed by atoms with Crippen LogP contribution in [0.1, 0.15) is 26.0 Å². The molecule has 1 unspecified atom stereocenters. The van der Waals surface area contributed by atoms with Crippen molar-refractivity contribution >= 4 is 0 Å². The standard InChI is InChI=1S/C14H26N4O2/c1-12(2)8-17-5-7-20-14(10-17)11-18-9-13(15-16-18)4-3-6-19/h9,12,14,19H,3-8,10-11H2,1-2H3. The molecule has 6 heteroatoms. The summed E-state index contributed by atoms with van der Waals surface area (Å²) in [6.45, 7) is 9.34. The van der Waals surface area contributed by atoms with Crippen LogP contribution in [0.4, 0.5) is 0 Å². The van der Waals surface area contributed by atoms with E-state index in [1.54, 1.807) is 0 Å². The molecule has 1 aliphatic rings. The van der Waals surface area contributed by atoms with Crippen LogP contribution in [0.25, 0.3) is 0 Å². The molecule has 20 heavy (non-hydrogen) atoms. The Labute approximate surface area is 120 Å². The fraction of sp³-hybridized carbons (Fsp3) is 0.857. The second kappa shape index (κ2) is 7.71. The average Bonchev–Trinajstić information content (AvgIpc) is 2.83. The molecular weight excluding hydrogens is 256 g/mol. The van der Waals surface area contributed by atoms with Gasteiger partial charge in [0.15, 0.2) is 0 Å². The molecule has 6 nitrogen and oxygen atoms in total. The number of aliphatic hydroxyl groups is 1. The normalized spacial score (nSPS) is 20.7. The summed E-state index contributed by atoms with van der Waals surface area (Å²) in [5.41, 5.74) is 0.939. The lowest BCUT2D eigenvalue weighted by Crippen LogP contribution is -2.45. The van der Waals surface area contributed by atoms with E-state index in [1.165, 1.54) is 0 Å². The van der Waals surface area contributed by atoms with Gasteiger partial charge in [-0.25, -0.2) is 4.68 Å². The number of aliphatic hydroxyl groups excluding tert-OH is 1. The van der Waals surface area contributed by atoms with Gasteiger partial charge >= 0.3 is 0 Å². The number of hydrogen-bond acceptors (Lipinski definition) is 5. The molecule has 1 fully saturated rings. The number of rotatable bonds is 7. The highest BCUT2D eigenvalue weighted by atomic mass is 16.5. The van der Waals surface area contributed by atoms with E-state index >= 15 is 0 Å². The van der Waals surface area contributed by atoms with Crippen LogP contribution in [0.15, 0.2) is 6.20 Å². The van der Waals surface area contributed by atoms with Crippen LogP contribution in [0, 0.1) is 5.92 Å². The molecule has 0 aliphatic carbocycles. The molecule has 1 N–H and O–H groups in total. The maximum absolute atomic E-state index is 8.82. The number of aryl methyl sites for hydroxylation is 1. The highest BCUT2D eigenvalue weighted by molar-refractivity contribution is 4.92. The second-order valence-electron chi connectivity index (χ2n) is 5.91. The van der Waals surface area contributed by atoms with Crippen molar-refractivity contribution in [3.63, 3.8) is 0 Å². The van der Waals surface area contributed by atoms with Crippen LogP contribution in [-0.2, 0) is 17.7 Å². The van der Waals surface area contributed by atoms with Crippen LogP contribution < -0.4 is 0 Å². The quantitative estimate of drug-likeness (QED) is 0.792. The number of morpholine rings is 1. The minimum atomic E-state index is 0.190. The Hall–Kier alpha value is -0.980. The van der Waals surface area contributed by atoms with Gasteiger partial charge in [-0.15, -0.1) is 5.10 Å². The zero-order valence-corrected chi connectivity index (χ0v) is 12.5. The molecule has 1 aromatic rings. The summed E-state index contributed by atoms with van der Waals surface area (Å²) in [4.78, 5) is 2.46. The summed E-state index contributed by atoms with van der Waals surface area (Å²) in [6, 6.07) is 0. The Morgan fingerprint density at radius 2 is 2.35 bits per heavy atom. The van der Waals surface area contributed by atoms with E-state index in [1.807, 2.05) is 10.9 Å². The van der Waals surface area contributed by atoms with Crippen molar-refractivity contribution in [2.75, 3.05) is 32.8 Å². The van der Waals surface area contributed by atoms with Crippen molar-refractivity contribution in [1.82, 2.24) is 19.9 Å². The first kappa shape index (κ1) is 15.4. The van der Waals surface area contributed by atoms with Gasteiger partial charge in [-0.2, -0.15) is 0 Å².